The Morgan fingerprint density at radius 2 is 1.93 bits per heavy atom. The third-order valence-electron chi connectivity index (χ3n) is 4.11. The molecule has 0 bridgehead atoms. The first-order valence-corrected chi connectivity index (χ1v) is 8.73. The maximum absolute atomic E-state index is 11.9. The third-order valence-corrected chi connectivity index (χ3v) is 4.11. The fraction of sp³-hybridized carbons (Fsp3) is 0.263. The summed E-state index contributed by atoms with van der Waals surface area (Å²) in [6.07, 6.45) is 3.57. The number of nitrogens with zero attached hydrogens (tertiary/aromatic N) is 3. The van der Waals surface area contributed by atoms with Crippen molar-refractivity contribution in [3.63, 3.8) is 0 Å². The lowest BCUT2D eigenvalue weighted by Gasteiger charge is -2.08. The van der Waals surface area contributed by atoms with Crippen LogP contribution in [0.15, 0.2) is 36.7 Å². The van der Waals surface area contributed by atoms with Gasteiger partial charge < -0.3 is 19.5 Å². The number of esters is 1. The van der Waals surface area contributed by atoms with Gasteiger partial charge in [-0.25, -0.2) is 14.3 Å². The monoisotopic (exact) mass is 399 g/mol. The first-order valence-electron chi connectivity index (χ1n) is 8.73. The summed E-state index contributed by atoms with van der Waals surface area (Å²) in [7, 11) is 4.38. The van der Waals surface area contributed by atoms with Crippen LogP contribution in [0.1, 0.15) is 6.42 Å². The number of urea groups is 1. The molecule has 0 aromatic carbocycles. The second-order valence-corrected chi connectivity index (χ2v) is 5.96. The Bertz CT molecular complexity index is 1030. The molecule has 10 heteroatoms. The minimum Gasteiger partial charge on any atom is -0.491 e. The largest absolute Gasteiger partial charge is 0.491 e. The Labute approximate surface area is 166 Å². The normalized spacial score (nSPS) is 10.4. The highest BCUT2D eigenvalue weighted by Crippen LogP contribution is 2.30. The van der Waals surface area contributed by atoms with Gasteiger partial charge in [0.15, 0.2) is 11.6 Å². The third kappa shape index (κ3) is 4.72. The Morgan fingerprint density at radius 1 is 1.10 bits per heavy atom. The molecule has 0 saturated carbocycles. The van der Waals surface area contributed by atoms with Crippen LogP contribution in [0.25, 0.3) is 16.6 Å². The summed E-state index contributed by atoms with van der Waals surface area (Å²) in [5.41, 5.74) is 2.53. The van der Waals surface area contributed by atoms with Crippen LogP contribution in [0.4, 0.5) is 10.6 Å². The van der Waals surface area contributed by atoms with Crippen LogP contribution in [0.2, 0.25) is 0 Å². The molecule has 152 valence electrons. The van der Waals surface area contributed by atoms with Gasteiger partial charge in [0.1, 0.15) is 0 Å². The van der Waals surface area contributed by atoms with Gasteiger partial charge in [0.05, 0.1) is 33.3 Å². The first-order chi connectivity index (χ1) is 14.0. The maximum Gasteiger partial charge on any atom is 0.320 e. The Balaban J connectivity index is 1.73. The number of carbonyl (C=O) groups excluding carboxylic acids is 2. The van der Waals surface area contributed by atoms with Gasteiger partial charge in [-0.1, -0.05) is 0 Å². The summed E-state index contributed by atoms with van der Waals surface area (Å²) in [5, 5.41) is 9.50. The number of carbonyl (C=O) groups is 2. The molecular formula is C19H21N5O5. The molecule has 0 spiro atoms. The van der Waals surface area contributed by atoms with Gasteiger partial charge in [-0.15, -0.1) is 5.10 Å². The molecule has 0 radical (unpaired) electrons. The zero-order valence-electron chi connectivity index (χ0n) is 16.3. The van der Waals surface area contributed by atoms with Crippen molar-refractivity contribution in [2.45, 2.75) is 6.42 Å². The SMILES string of the molecule is COC(=O)CCNC(=O)Nc1cc2cc(-c3cnc(OC)c(OC)c3)ccn2n1. The molecule has 3 aromatic heterocycles. The summed E-state index contributed by atoms with van der Waals surface area (Å²) < 4.78 is 16.6. The number of ether oxygens (including phenoxy) is 3. The van der Waals surface area contributed by atoms with Crippen molar-refractivity contribution in [2.24, 2.45) is 0 Å². The lowest BCUT2D eigenvalue weighted by Crippen LogP contribution is -2.30. The van der Waals surface area contributed by atoms with E-state index in [1.165, 1.54) is 14.2 Å². The number of rotatable bonds is 7. The van der Waals surface area contributed by atoms with E-state index in [-0.39, 0.29) is 13.0 Å². The molecule has 0 aliphatic carbocycles. The number of methoxy groups -OCH3 is 3. The van der Waals surface area contributed by atoms with E-state index < -0.39 is 12.0 Å². The highest BCUT2D eigenvalue weighted by Gasteiger charge is 2.11. The molecular weight excluding hydrogens is 378 g/mol. The molecule has 0 atom stereocenters. The molecule has 2 N–H and O–H groups in total. The van der Waals surface area contributed by atoms with E-state index in [9.17, 15) is 9.59 Å². The number of hydrogen-bond donors (Lipinski definition) is 2. The number of anilines is 1. The van der Waals surface area contributed by atoms with Gasteiger partial charge in [0, 0.05) is 30.6 Å². The molecule has 29 heavy (non-hydrogen) atoms. The minimum atomic E-state index is -0.457. The van der Waals surface area contributed by atoms with Crippen LogP contribution in [-0.2, 0) is 9.53 Å². The van der Waals surface area contributed by atoms with Crippen molar-refractivity contribution in [1.29, 1.82) is 0 Å². The van der Waals surface area contributed by atoms with Crippen molar-refractivity contribution in [1.82, 2.24) is 19.9 Å². The van der Waals surface area contributed by atoms with Gasteiger partial charge >= 0.3 is 12.0 Å². The predicted molar refractivity (Wildman–Crippen MR) is 105 cm³/mol. The highest BCUT2D eigenvalue weighted by atomic mass is 16.5. The van der Waals surface area contributed by atoms with Crippen LogP contribution in [-0.4, -0.2) is 54.5 Å². The number of pyridine rings is 2. The zero-order valence-corrected chi connectivity index (χ0v) is 16.3. The van der Waals surface area contributed by atoms with Crippen LogP contribution in [0, 0.1) is 0 Å². The summed E-state index contributed by atoms with van der Waals surface area (Å²) in [5.74, 6) is 0.925. The number of nitrogens with one attached hydrogen (secondary N) is 2. The van der Waals surface area contributed by atoms with E-state index in [2.05, 4.69) is 25.5 Å². The number of amides is 2. The van der Waals surface area contributed by atoms with Gasteiger partial charge in [0.25, 0.3) is 5.88 Å². The fourth-order valence-corrected chi connectivity index (χ4v) is 2.67. The van der Waals surface area contributed by atoms with E-state index in [0.29, 0.717) is 17.4 Å². The minimum absolute atomic E-state index is 0.0950. The summed E-state index contributed by atoms with van der Waals surface area (Å²) in [4.78, 5) is 27.2. The van der Waals surface area contributed by atoms with E-state index >= 15 is 0 Å². The number of fused-ring (bicyclic) bond motifs is 1. The summed E-state index contributed by atoms with van der Waals surface area (Å²) in [6, 6.07) is 6.90. The molecule has 3 heterocycles. The van der Waals surface area contributed by atoms with Crippen molar-refractivity contribution >= 4 is 23.3 Å². The molecule has 0 unspecified atom stereocenters. The van der Waals surface area contributed by atoms with E-state index in [0.717, 1.165) is 16.6 Å². The van der Waals surface area contributed by atoms with Crippen molar-refractivity contribution < 1.29 is 23.8 Å². The van der Waals surface area contributed by atoms with Gasteiger partial charge in [-0.3, -0.25) is 10.1 Å². The van der Waals surface area contributed by atoms with Gasteiger partial charge in [-0.2, -0.15) is 0 Å². The molecule has 0 saturated heterocycles. The van der Waals surface area contributed by atoms with E-state index in [4.69, 9.17) is 9.47 Å². The van der Waals surface area contributed by atoms with Crippen LogP contribution in [0.3, 0.4) is 0 Å². The fourth-order valence-electron chi connectivity index (χ4n) is 2.67. The van der Waals surface area contributed by atoms with Crippen LogP contribution in [0.5, 0.6) is 11.6 Å². The van der Waals surface area contributed by atoms with Crippen molar-refractivity contribution in [3.8, 4) is 22.8 Å². The lowest BCUT2D eigenvalue weighted by molar-refractivity contribution is -0.140. The molecule has 3 aromatic rings. The Morgan fingerprint density at radius 3 is 2.66 bits per heavy atom. The van der Waals surface area contributed by atoms with Crippen molar-refractivity contribution in [3.05, 3.63) is 36.7 Å². The predicted octanol–water partition coefficient (Wildman–Crippen LogP) is 2.10. The molecule has 3 rings (SSSR count). The Kier molecular flexibility index (Phi) is 6.12. The summed E-state index contributed by atoms with van der Waals surface area (Å²) in [6.45, 7) is 0.169. The standard InChI is InChI=1S/C19H21N5O5/c1-27-15-9-13(11-21-18(15)29-3)12-5-7-24-14(8-12)10-16(23-24)22-19(26)20-6-4-17(25)28-2/h5,7-11H,4,6H2,1-3H3,(H2,20,22,23,26). The van der Waals surface area contributed by atoms with Crippen molar-refractivity contribution in [2.75, 3.05) is 33.2 Å². The van der Waals surface area contributed by atoms with Crippen LogP contribution >= 0.6 is 0 Å². The number of hydrogen-bond acceptors (Lipinski definition) is 7. The number of aromatic nitrogens is 3. The van der Waals surface area contributed by atoms with Gasteiger partial charge in [0.2, 0.25) is 0 Å². The second-order valence-electron chi connectivity index (χ2n) is 5.96. The van der Waals surface area contributed by atoms with E-state index in [1.54, 1.807) is 30.1 Å². The quantitative estimate of drug-likeness (QED) is 0.585. The van der Waals surface area contributed by atoms with E-state index in [1.807, 2.05) is 18.2 Å². The average molecular weight is 399 g/mol. The maximum atomic E-state index is 11.9. The topological polar surface area (TPSA) is 116 Å². The molecule has 0 aliphatic heterocycles. The lowest BCUT2D eigenvalue weighted by atomic mass is 10.1. The first kappa shape index (κ1) is 19.9. The highest BCUT2D eigenvalue weighted by molar-refractivity contribution is 5.89. The second kappa shape index (κ2) is 8.91. The molecule has 2 amide bonds. The van der Waals surface area contributed by atoms with Gasteiger partial charge in [-0.05, 0) is 23.8 Å². The zero-order chi connectivity index (χ0) is 20.8. The Hall–Kier alpha value is -3.82. The molecule has 0 aliphatic rings. The summed E-state index contributed by atoms with van der Waals surface area (Å²) >= 11 is 0. The molecule has 10 nitrogen and oxygen atoms in total. The average Bonchev–Trinajstić information content (AvgIpc) is 3.14. The smallest absolute Gasteiger partial charge is 0.320 e. The van der Waals surface area contributed by atoms with Crippen LogP contribution < -0.4 is 20.1 Å². The molecule has 0 fully saturated rings.